The number of rotatable bonds is 8. The van der Waals surface area contributed by atoms with Crippen molar-refractivity contribution in [1.29, 1.82) is 0 Å². The van der Waals surface area contributed by atoms with E-state index < -0.39 is 27.0 Å². The van der Waals surface area contributed by atoms with Crippen LogP contribution in [0.5, 0.6) is 11.5 Å². The first-order valence-electron chi connectivity index (χ1n) is 10.2. The largest absolute Gasteiger partial charge is 0.497 e. The van der Waals surface area contributed by atoms with Gasteiger partial charge in [-0.15, -0.1) is 0 Å². The molecule has 1 heterocycles. The van der Waals surface area contributed by atoms with Crippen LogP contribution >= 0.6 is 0 Å². The molecule has 30 heavy (non-hydrogen) atoms. The summed E-state index contributed by atoms with van der Waals surface area (Å²) in [4.78, 5) is 27.6. The number of hydrogen-bond donors (Lipinski definition) is 1. The van der Waals surface area contributed by atoms with Gasteiger partial charge in [-0.25, -0.2) is 8.42 Å². The summed E-state index contributed by atoms with van der Waals surface area (Å²) >= 11 is 0. The van der Waals surface area contributed by atoms with Gasteiger partial charge in [-0.2, -0.15) is 0 Å². The Balaban J connectivity index is 2.11. The van der Waals surface area contributed by atoms with Gasteiger partial charge in [-0.1, -0.05) is 20.8 Å². The Hall–Kier alpha value is -2.29. The summed E-state index contributed by atoms with van der Waals surface area (Å²) in [6, 6.07) is 4.12. The van der Waals surface area contributed by atoms with Crippen LogP contribution in [0.15, 0.2) is 18.2 Å². The van der Waals surface area contributed by atoms with Crippen LogP contribution in [0.3, 0.4) is 0 Å². The summed E-state index contributed by atoms with van der Waals surface area (Å²) in [6.07, 6.45) is 0.849. The van der Waals surface area contributed by atoms with E-state index in [0.717, 1.165) is 0 Å². The van der Waals surface area contributed by atoms with E-state index in [4.69, 9.17) is 9.47 Å². The van der Waals surface area contributed by atoms with E-state index >= 15 is 0 Å². The average molecular weight is 441 g/mol. The van der Waals surface area contributed by atoms with Gasteiger partial charge >= 0.3 is 0 Å². The lowest BCUT2D eigenvalue weighted by Gasteiger charge is -2.35. The lowest BCUT2D eigenvalue weighted by molar-refractivity contribution is -0.135. The molecule has 0 aliphatic carbocycles. The molecule has 1 N–H and O–H groups in total. The molecule has 0 bridgehead atoms. The zero-order valence-corrected chi connectivity index (χ0v) is 19.1. The molecule has 1 aliphatic heterocycles. The van der Waals surface area contributed by atoms with E-state index in [1.54, 1.807) is 30.0 Å². The van der Waals surface area contributed by atoms with Crippen LogP contribution in [0.4, 0.5) is 0 Å². The smallest absolute Gasteiger partial charge is 0.252 e. The second kappa shape index (κ2) is 10.1. The average Bonchev–Trinajstić information content (AvgIpc) is 2.76. The third-order valence-electron chi connectivity index (χ3n) is 5.50. The summed E-state index contributed by atoms with van der Waals surface area (Å²) < 4.78 is 34.6. The van der Waals surface area contributed by atoms with Crippen molar-refractivity contribution in [1.82, 2.24) is 10.2 Å². The molecule has 168 valence electrons. The van der Waals surface area contributed by atoms with Crippen LogP contribution in [0.25, 0.3) is 0 Å². The first kappa shape index (κ1) is 24.0. The molecule has 1 atom stereocenters. The van der Waals surface area contributed by atoms with Crippen LogP contribution in [-0.2, 0) is 14.6 Å². The van der Waals surface area contributed by atoms with Gasteiger partial charge in [0.25, 0.3) is 5.91 Å². The number of likely N-dealkylation sites (tertiary alicyclic amines) is 1. The van der Waals surface area contributed by atoms with Gasteiger partial charge in [0.1, 0.15) is 17.5 Å². The fraction of sp³-hybridized carbons (Fsp3) is 0.619. The second-order valence-electron chi connectivity index (χ2n) is 7.77. The molecule has 9 heteroatoms. The first-order valence-corrected chi connectivity index (χ1v) is 11.9. The highest BCUT2D eigenvalue weighted by Gasteiger charge is 2.34. The molecule has 0 aromatic heterocycles. The summed E-state index contributed by atoms with van der Waals surface area (Å²) in [6.45, 7) is 6.11. The molecule has 1 aromatic rings. The predicted molar refractivity (Wildman–Crippen MR) is 115 cm³/mol. The Bertz CT molecular complexity index is 838. The maximum atomic E-state index is 13.1. The number of piperidine rings is 1. The minimum absolute atomic E-state index is 0.111. The van der Waals surface area contributed by atoms with Gasteiger partial charge < -0.3 is 19.7 Å². The third-order valence-corrected chi connectivity index (χ3v) is 7.79. The fourth-order valence-corrected chi connectivity index (χ4v) is 4.94. The van der Waals surface area contributed by atoms with Crippen molar-refractivity contribution in [2.24, 2.45) is 5.92 Å². The number of nitrogens with one attached hydrogen (secondary N) is 1. The van der Waals surface area contributed by atoms with Gasteiger partial charge in [-0.05, 0) is 30.9 Å². The van der Waals surface area contributed by atoms with Crippen LogP contribution in [0, 0.1) is 5.92 Å². The van der Waals surface area contributed by atoms with Crippen molar-refractivity contribution >= 4 is 21.7 Å². The molecule has 0 saturated carbocycles. The standard InChI is InChI=1S/C21H32N2O6S/c1-6-30(26,27)18-7-9-23(10-8-18)21(25)19(14(2)3)22-20(24)15-11-16(28-4)13-17(12-15)29-5/h11-14,18-19H,6-10H2,1-5H3,(H,22,24). The number of amides is 2. The maximum Gasteiger partial charge on any atom is 0.252 e. The monoisotopic (exact) mass is 440 g/mol. The topological polar surface area (TPSA) is 102 Å². The van der Waals surface area contributed by atoms with Crippen molar-refractivity contribution in [3.05, 3.63) is 23.8 Å². The van der Waals surface area contributed by atoms with Crippen LogP contribution < -0.4 is 14.8 Å². The van der Waals surface area contributed by atoms with Crippen molar-refractivity contribution in [3.63, 3.8) is 0 Å². The summed E-state index contributed by atoms with van der Waals surface area (Å²) in [5.41, 5.74) is 0.331. The van der Waals surface area contributed by atoms with Crippen molar-refractivity contribution in [2.75, 3.05) is 33.1 Å². The van der Waals surface area contributed by atoms with Crippen molar-refractivity contribution in [3.8, 4) is 11.5 Å². The van der Waals surface area contributed by atoms with Gasteiger partial charge in [0.15, 0.2) is 9.84 Å². The first-order chi connectivity index (χ1) is 14.1. The molecule has 1 fully saturated rings. The Morgan fingerprint density at radius 2 is 1.63 bits per heavy atom. The van der Waals surface area contributed by atoms with Gasteiger partial charge in [0, 0.05) is 30.5 Å². The Labute approximate surface area is 178 Å². The quantitative estimate of drug-likeness (QED) is 0.662. The third kappa shape index (κ3) is 5.65. The molecule has 1 aliphatic rings. The molecule has 0 radical (unpaired) electrons. The van der Waals surface area contributed by atoms with Crippen molar-refractivity contribution in [2.45, 2.75) is 44.9 Å². The minimum Gasteiger partial charge on any atom is -0.497 e. The van der Waals surface area contributed by atoms with E-state index in [2.05, 4.69) is 5.32 Å². The normalized spacial score (nSPS) is 16.3. The Morgan fingerprint density at radius 3 is 2.07 bits per heavy atom. The zero-order valence-electron chi connectivity index (χ0n) is 18.3. The lowest BCUT2D eigenvalue weighted by atomic mass is 10.0. The molecule has 8 nitrogen and oxygen atoms in total. The highest BCUT2D eigenvalue weighted by Crippen LogP contribution is 2.23. The van der Waals surface area contributed by atoms with Crippen LogP contribution in [0.2, 0.25) is 0 Å². The molecular formula is C21H32N2O6S. The highest BCUT2D eigenvalue weighted by molar-refractivity contribution is 7.92. The van der Waals surface area contributed by atoms with E-state index in [9.17, 15) is 18.0 Å². The number of benzene rings is 1. The van der Waals surface area contributed by atoms with Gasteiger partial charge in [0.2, 0.25) is 5.91 Å². The summed E-state index contributed by atoms with van der Waals surface area (Å²) in [5, 5.41) is 2.43. The Kier molecular flexibility index (Phi) is 8.11. The van der Waals surface area contributed by atoms with E-state index in [0.29, 0.717) is 43.0 Å². The van der Waals surface area contributed by atoms with E-state index in [-0.39, 0.29) is 17.6 Å². The van der Waals surface area contributed by atoms with Crippen LogP contribution in [0.1, 0.15) is 44.0 Å². The number of nitrogens with zero attached hydrogens (tertiary/aromatic N) is 1. The van der Waals surface area contributed by atoms with Crippen LogP contribution in [-0.4, -0.2) is 69.5 Å². The zero-order chi connectivity index (χ0) is 22.5. The number of carbonyl (C=O) groups excluding carboxylic acids is 2. The number of ether oxygens (including phenoxy) is 2. The molecule has 1 aromatic carbocycles. The summed E-state index contributed by atoms with van der Waals surface area (Å²) in [5.74, 6) is 0.340. The molecule has 1 unspecified atom stereocenters. The maximum absolute atomic E-state index is 13.1. The number of hydrogen-bond acceptors (Lipinski definition) is 6. The second-order valence-corrected chi connectivity index (χ2v) is 10.3. The van der Waals surface area contributed by atoms with Crippen molar-refractivity contribution < 1.29 is 27.5 Å². The highest BCUT2D eigenvalue weighted by atomic mass is 32.2. The molecular weight excluding hydrogens is 408 g/mol. The number of sulfone groups is 1. The Morgan fingerprint density at radius 1 is 1.10 bits per heavy atom. The predicted octanol–water partition coefficient (Wildman–Crippen LogP) is 1.88. The molecule has 2 rings (SSSR count). The lowest BCUT2D eigenvalue weighted by Crippen LogP contribution is -2.53. The van der Waals surface area contributed by atoms with E-state index in [1.165, 1.54) is 14.2 Å². The summed E-state index contributed by atoms with van der Waals surface area (Å²) in [7, 11) is -0.108. The van der Waals surface area contributed by atoms with Gasteiger partial charge in [0.05, 0.1) is 19.5 Å². The van der Waals surface area contributed by atoms with E-state index in [1.807, 2.05) is 13.8 Å². The molecule has 0 spiro atoms. The molecule has 2 amide bonds. The number of carbonyl (C=O) groups is 2. The fourth-order valence-electron chi connectivity index (χ4n) is 3.54. The van der Waals surface area contributed by atoms with Gasteiger partial charge in [-0.3, -0.25) is 9.59 Å². The SMILES string of the molecule is CCS(=O)(=O)C1CCN(C(=O)C(NC(=O)c2cc(OC)cc(OC)c2)C(C)C)CC1. The molecule has 1 saturated heterocycles. The number of methoxy groups -OCH3 is 2. The minimum atomic E-state index is -3.11.